The number of piperazine rings is 1. The monoisotopic (exact) mass is 344 g/mol. The van der Waals surface area contributed by atoms with Crippen LogP contribution in [0.4, 0.5) is 8.78 Å². The van der Waals surface area contributed by atoms with Crippen molar-refractivity contribution in [3.05, 3.63) is 57.3 Å². The van der Waals surface area contributed by atoms with Crippen LogP contribution in [0.25, 0.3) is 0 Å². The third kappa shape index (κ3) is 3.33. The van der Waals surface area contributed by atoms with E-state index in [1.807, 2.05) is 17.5 Å². The van der Waals surface area contributed by atoms with E-state index < -0.39 is 11.6 Å². The van der Waals surface area contributed by atoms with Crippen LogP contribution in [0.3, 0.4) is 0 Å². The molecule has 0 unspecified atom stereocenters. The molecule has 2 nitrogen and oxygen atoms in total. The van der Waals surface area contributed by atoms with Crippen molar-refractivity contribution in [3.8, 4) is 0 Å². The maximum atomic E-state index is 14.6. The fourth-order valence-corrected chi connectivity index (χ4v) is 3.69. The van der Waals surface area contributed by atoms with Gasteiger partial charge in [-0.3, -0.25) is 4.90 Å². The first-order valence-corrected chi connectivity index (χ1v) is 7.99. The number of hydrogen-bond acceptors (Lipinski definition) is 3. The van der Waals surface area contributed by atoms with E-state index in [9.17, 15) is 8.78 Å². The molecule has 0 bridgehead atoms. The van der Waals surface area contributed by atoms with Crippen molar-refractivity contribution in [3.63, 3.8) is 0 Å². The summed E-state index contributed by atoms with van der Waals surface area (Å²) >= 11 is 1.55. The van der Waals surface area contributed by atoms with E-state index in [-0.39, 0.29) is 24.0 Å². The topological polar surface area (TPSA) is 15.3 Å². The van der Waals surface area contributed by atoms with Crippen molar-refractivity contribution in [2.75, 3.05) is 26.2 Å². The van der Waals surface area contributed by atoms with Crippen LogP contribution >= 0.6 is 23.7 Å². The summed E-state index contributed by atoms with van der Waals surface area (Å²) in [6, 6.07) is 6.42. The molecule has 6 heteroatoms. The van der Waals surface area contributed by atoms with Gasteiger partial charge in [0.15, 0.2) is 0 Å². The SMILES string of the molecule is Cc1ccc(F)c([C@H](c2cccs2)N2CCNCC2)c1F.Cl. The summed E-state index contributed by atoms with van der Waals surface area (Å²) in [6.07, 6.45) is 0. The molecule has 3 rings (SSSR count). The van der Waals surface area contributed by atoms with Gasteiger partial charge in [-0.2, -0.15) is 0 Å². The van der Waals surface area contributed by atoms with E-state index in [4.69, 9.17) is 0 Å². The number of benzene rings is 1. The predicted octanol–water partition coefficient (Wildman–Crippen LogP) is 3.75. The lowest BCUT2D eigenvalue weighted by Crippen LogP contribution is -2.45. The summed E-state index contributed by atoms with van der Waals surface area (Å²) in [5, 5.41) is 5.24. The molecular formula is C16H19ClF2N2S. The number of nitrogens with zero attached hydrogens (tertiary/aromatic N) is 1. The minimum Gasteiger partial charge on any atom is -0.314 e. The van der Waals surface area contributed by atoms with E-state index >= 15 is 0 Å². The lowest BCUT2D eigenvalue weighted by atomic mass is 9.99. The number of thiophene rings is 1. The molecule has 2 heterocycles. The third-order valence-electron chi connectivity index (χ3n) is 3.92. The van der Waals surface area contributed by atoms with Crippen molar-refractivity contribution in [2.24, 2.45) is 0 Å². The van der Waals surface area contributed by atoms with Gasteiger partial charge >= 0.3 is 0 Å². The number of hydrogen-bond donors (Lipinski definition) is 1. The van der Waals surface area contributed by atoms with Crippen molar-refractivity contribution in [1.29, 1.82) is 0 Å². The summed E-state index contributed by atoms with van der Waals surface area (Å²) in [6.45, 7) is 4.94. The zero-order valence-electron chi connectivity index (χ0n) is 12.3. The number of aryl methyl sites for hydroxylation is 1. The van der Waals surface area contributed by atoms with E-state index in [0.29, 0.717) is 5.56 Å². The molecule has 1 fully saturated rings. The smallest absolute Gasteiger partial charge is 0.134 e. The first kappa shape index (κ1) is 17.3. The molecule has 1 N–H and O–H groups in total. The van der Waals surface area contributed by atoms with Crippen LogP contribution in [0.1, 0.15) is 22.0 Å². The van der Waals surface area contributed by atoms with Crippen LogP contribution < -0.4 is 5.32 Å². The average Bonchev–Trinajstić information content (AvgIpc) is 3.02. The Labute approximate surface area is 139 Å². The van der Waals surface area contributed by atoms with Crippen LogP contribution in [0.15, 0.2) is 29.6 Å². The second kappa shape index (κ2) is 7.51. The van der Waals surface area contributed by atoms with Crippen LogP contribution in [-0.2, 0) is 0 Å². The summed E-state index contributed by atoms with van der Waals surface area (Å²) in [5.41, 5.74) is 0.669. The quantitative estimate of drug-likeness (QED) is 0.912. The highest BCUT2D eigenvalue weighted by Crippen LogP contribution is 2.35. The van der Waals surface area contributed by atoms with Crippen molar-refractivity contribution < 1.29 is 8.78 Å². The van der Waals surface area contributed by atoms with Crippen LogP contribution in [0.2, 0.25) is 0 Å². The molecule has 0 aliphatic carbocycles. The first-order chi connectivity index (χ1) is 10.2. The van der Waals surface area contributed by atoms with Gasteiger partial charge in [-0.1, -0.05) is 12.1 Å². The fraction of sp³-hybridized carbons (Fsp3) is 0.375. The van der Waals surface area contributed by atoms with Crippen molar-refractivity contribution in [1.82, 2.24) is 10.2 Å². The molecule has 1 atom stereocenters. The highest BCUT2D eigenvalue weighted by molar-refractivity contribution is 7.10. The maximum Gasteiger partial charge on any atom is 0.134 e. The highest BCUT2D eigenvalue weighted by Gasteiger charge is 2.30. The van der Waals surface area contributed by atoms with Crippen molar-refractivity contribution >= 4 is 23.7 Å². The Balaban J connectivity index is 0.00000176. The van der Waals surface area contributed by atoms with Crippen LogP contribution in [0.5, 0.6) is 0 Å². The molecule has 22 heavy (non-hydrogen) atoms. The van der Waals surface area contributed by atoms with Crippen LogP contribution in [0, 0.1) is 18.6 Å². The molecule has 0 spiro atoms. The molecule has 1 aliphatic rings. The number of rotatable bonds is 3. The van der Waals surface area contributed by atoms with E-state index in [1.54, 1.807) is 18.3 Å². The largest absolute Gasteiger partial charge is 0.314 e. The van der Waals surface area contributed by atoms with Crippen LogP contribution in [-0.4, -0.2) is 31.1 Å². The van der Waals surface area contributed by atoms with Gasteiger partial charge in [0.05, 0.1) is 6.04 Å². The standard InChI is InChI=1S/C16H18F2N2S.ClH/c1-11-4-5-12(17)14(15(11)18)16(13-3-2-10-21-13)20-8-6-19-7-9-20;/h2-5,10,16,19H,6-9H2,1H3;1H/t16-;/m0./s1. The molecule has 0 amide bonds. The summed E-state index contributed by atoms with van der Waals surface area (Å²) < 4.78 is 28.9. The van der Waals surface area contributed by atoms with Gasteiger partial charge in [-0.15, -0.1) is 23.7 Å². The normalized spacial score (nSPS) is 17.0. The van der Waals surface area contributed by atoms with Gasteiger partial charge in [0.2, 0.25) is 0 Å². The Hall–Kier alpha value is -1.01. The number of halogens is 3. The third-order valence-corrected chi connectivity index (χ3v) is 4.85. The zero-order chi connectivity index (χ0) is 14.8. The van der Waals surface area contributed by atoms with E-state index in [0.717, 1.165) is 31.1 Å². The zero-order valence-corrected chi connectivity index (χ0v) is 13.9. The van der Waals surface area contributed by atoms with Gasteiger partial charge in [0, 0.05) is 36.6 Å². The molecule has 0 radical (unpaired) electrons. The Morgan fingerprint density at radius 3 is 2.55 bits per heavy atom. The van der Waals surface area contributed by atoms with Crippen molar-refractivity contribution in [2.45, 2.75) is 13.0 Å². The lowest BCUT2D eigenvalue weighted by molar-refractivity contribution is 0.194. The van der Waals surface area contributed by atoms with E-state index in [1.165, 1.54) is 12.1 Å². The van der Waals surface area contributed by atoms with Gasteiger partial charge in [-0.25, -0.2) is 8.78 Å². The molecule has 120 valence electrons. The summed E-state index contributed by atoms with van der Waals surface area (Å²) in [5.74, 6) is -0.887. The second-order valence-corrected chi connectivity index (χ2v) is 6.28. The Morgan fingerprint density at radius 2 is 1.91 bits per heavy atom. The van der Waals surface area contributed by atoms with Gasteiger partial charge in [-0.05, 0) is 30.0 Å². The molecular weight excluding hydrogens is 326 g/mol. The predicted molar refractivity (Wildman–Crippen MR) is 88.9 cm³/mol. The van der Waals surface area contributed by atoms with Gasteiger partial charge < -0.3 is 5.32 Å². The minimum absolute atomic E-state index is 0. The lowest BCUT2D eigenvalue weighted by Gasteiger charge is -2.35. The molecule has 1 aliphatic heterocycles. The first-order valence-electron chi connectivity index (χ1n) is 7.11. The summed E-state index contributed by atoms with van der Waals surface area (Å²) in [7, 11) is 0. The second-order valence-electron chi connectivity index (χ2n) is 5.30. The minimum atomic E-state index is -0.463. The van der Waals surface area contributed by atoms with Gasteiger partial charge in [0.1, 0.15) is 11.6 Å². The molecule has 1 aromatic carbocycles. The summed E-state index contributed by atoms with van der Waals surface area (Å²) in [4.78, 5) is 3.14. The maximum absolute atomic E-state index is 14.6. The Morgan fingerprint density at radius 1 is 1.18 bits per heavy atom. The molecule has 2 aromatic rings. The molecule has 1 aromatic heterocycles. The van der Waals surface area contributed by atoms with E-state index in [2.05, 4.69) is 10.2 Å². The average molecular weight is 345 g/mol. The molecule has 0 saturated carbocycles. The molecule has 1 saturated heterocycles. The highest BCUT2D eigenvalue weighted by atomic mass is 35.5. The van der Waals surface area contributed by atoms with Gasteiger partial charge in [0.25, 0.3) is 0 Å². The Bertz CT molecular complexity index is 613. The fourth-order valence-electron chi connectivity index (χ4n) is 2.82. The Kier molecular flexibility index (Phi) is 5.92. The number of nitrogens with one attached hydrogen (secondary N) is 1.